The van der Waals surface area contributed by atoms with E-state index in [4.69, 9.17) is 10.7 Å². The molecule has 1 unspecified atom stereocenters. The van der Waals surface area contributed by atoms with Gasteiger partial charge in [-0.3, -0.25) is 0 Å². The highest BCUT2D eigenvalue weighted by Crippen LogP contribution is 2.27. The summed E-state index contributed by atoms with van der Waals surface area (Å²) in [5.41, 5.74) is 0.161. The van der Waals surface area contributed by atoms with E-state index in [1.165, 1.54) is 7.11 Å². The van der Waals surface area contributed by atoms with Gasteiger partial charge in [-0.25, -0.2) is 13.2 Å². The maximum atomic E-state index is 11.2. The Balaban J connectivity index is 3.01. The molecule has 0 spiro atoms. The van der Waals surface area contributed by atoms with Crippen molar-refractivity contribution in [1.29, 1.82) is 0 Å². The van der Waals surface area contributed by atoms with E-state index in [2.05, 4.69) is 4.74 Å². The third-order valence-electron chi connectivity index (χ3n) is 2.14. The molecule has 0 amide bonds. The van der Waals surface area contributed by atoms with Crippen LogP contribution in [-0.2, 0) is 18.6 Å². The first-order valence-corrected chi connectivity index (χ1v) is 6.56. The molecule has 80 valence electrons. The number of hydrogen-bond acceptors (Lipinski definition) is 4. The fourth-order valence-corrected chi connectivity index (χ4v) is 2.97. The van der Waals surface area contributed by atoms with E-state index in [0.717, 1.165) is 6.42 Å². The highest BCUT2D eigenvalue weighted by atomic mass is 35.7. The average Bonchev–Trinajstić information content (AvgIpc) is 2.15. The number of ether oxygens (including phenoxy) is 1. The Kier molecular flexibility index (Phi) is 3.55. The van der Waals surface area contributed by atoms with Crippen LogP contribution in [0.3, 0.4) is 0 Å². The number of allylic oxidation sites excluding steroid dienone is 1. The fourth-order valence-electron chi connectivity index (χ4n) is 1.47. The van der Waals surface area contributed by atoms with Gasteiger partial charge in [0.1, 0.15) is 5.25 Å². The molecule has 0 heterocycles. The van der Waals surface area contributed by atoms with E-state index in [-0.39, 0.29) is 5.57 Å². The van der Waals surface area contributed by atoms with Crippen molar-refractivity contribution >= 4 is 25.7 Å². The lowest BCUT2D eigenvalue weighted by molar-refractivity contribution is -0.136. The molecule has 0 bridgehead atoms. The van der Waals surface area contributed by atoms with Crippen molar-refractivity contribution in [3.63, 3.8) is 0 Å². The first-order valence-electron chi connectivity index (χ1n) is 4.18. The third-order valence-corrected chi connectivity index (χ3v) is 3.96. The number of methoxy groups -OCH3 is 1. The van der Waals surface area contributed by atoms with Crippen molar-refractivity contribution in [2.75, 3.05) is 7.11 Å². The molecule has 0 radical (unpaired) electrons. The molecule has 0 saturated carbocycles. The molecule has 14 heavy (non-hydrogen) atoms. The highest BCUT2D eigenvalue weighted by molar-refractivity contribution is 8.14. The minimum atomic E-state index is -3.73. The van der Waals surface area contributed by atoms with Crippen molar-refractivity contribution < 1.29 is 17.9 Å². The summed E-state index contributed by atoms with van der Waals surface area (Å²) in [6.45, 7) is 0. The summed E-state index contributed by atoms with van der Waals surface area (Å²) in [5.74, 6) is -0.612. The van der Waals surface area contributed by atoms with Gasteiger partial charge in [0.15, 0.2) is 0 Å². The number of carbonyl (C=O) groups is 1. The molecule has 1 rings (SSSR count). The molecule has 0 fully saturated rings. The molecule has 1 atom stereocenters. The minimum absolute atomic E-state index is 0.161. The number of halogens is 1. The molecule has 0 aromatic carbocycles. The van der Waals surface area contributed by atoms with Crippen molar-refractivity contribution in [3.05, 3.63) is 11.6 Å². The molecule has 1 aliphatic rings. The topological polar surface area (TPSA) is 60.4 Å². The predicted molar refractivity (Wildman–Crippen MR) is 52.5 cm³/mol. The second-order valence-electron chi connectivity index (χ2n) is 3.05. The van der Waals surface area contributed by atoms with Gasteiger partial charge in [0.2, 0.25) is 9.05 Å². The lowest BCUT2D eigenvalue weighted by atomic mass is 9.99. The number of carbonyl (C=O) groups excluding carboxylic acids is 1. The monoisotopic (exact) mass is 238 g/mol. The van der Waals surface area contributed by atoms with Crippen LogP contribution < -0.4 is 0 Å². The SMILES string of the molecule is COC(=O)C1=CCCCC1S(=O)(=O)Cl. The van der Waals surface area contributed by atoms with Gasteiger partial charge < -0.3 is 4.74 Å². The first kappa shape index (κ1) is 11.5. The molecule has 0 aromatic heterocycles. The van der Waals surface area contributed by atoms with Crippen molar-refractivity contribution in [3.8, 4) is 0 Å². The largest absolute Gasteiger partial charge is 0.466 e. The summed E-state index contributed by atoms with van der Waals surface area (Å²) in [6.07, 6.45) is 3.37. The van der Waals surface area contributed by atoms with Gasteiger partial charge in [0.25, 0.3) is 0 Å². The van der Waals surface area contributed by atoms with E-state index < -0.39 is 20.3 Å². The normalized spacial score (nSPS) is 22.7. The molecule has 0 saturated heterocycles. The average molecular weight is 239 g/mol. The van der Waals surface area contributed by atoms with Crippen LogP contribution in [0, 0.1) is 0 Å². The van der Waals surface area contributed by atoms with Gasteiger partial charge >= 0.3 is 5.97 Å². The smallest absolute Gasteiger partial charge is 0.334 e. The van der Waals surface area contributed by atoms with E-state index in [0.29, 0.717) is 12.8 Å². The van der Waals surface area contributed by atoms with Gasteiger partial charge in [0, 0.05) is 10.7 Å². The Morgan fingerprint density at radius 3 is 2.79 bits per heavy atom. The molecule has 0 aliphatic heterocycles. The molecule has 0 aromatic rings. The predicted octanol–water partition coefficient (Wildman–Crippen LogP) is 1.21. The zero-order valence-corrected chi connectivity index (χ0v) is 9.27. The Morgan fingerprint density at radius 2 is 2.29 bits per heavy atom. The minimum Gasteiger partial charge on any atom is -0.466 e. The number of hydrogen-bond donors (Lipinski definition) is 0. The highest BCUT2D eigenvalue weighted by Gasteiger charge is 2.33. The zero-order chi connectivity index (χ0) is 10.8. The van der Waals surface area contributed by atoms with Crippen molar-refractivity contribution in [1.82, 2.24) is 0 Å². The van der Waals surface area contributed by atoms with E-state index in [1.807, 2.05) is 0 Å². The summed E-state index contributed by atoms with van der Waals surface area (Å²) in [5, 5.41) is -0.912. The van der Waals surface area contributed by atoms with Crippen LogP contribution >= 0.6 is 10.7 Å². The lowest BCUT2D eigenvalue weighted by Gasteiger charge is -2.19. The standard InChI is InChI=1S/C8H11ClO4S/c1-13-8(10)6-4-2-3-5-7(6)14(9,11)12/h4,7H,2-3,5H2,1H3. The second-order valence-corrected chi connectivity index (χ2v) is 5.86. The molecular formula is C8H11ClO4S. The van der Waals surface area contributed by atoms with E-state index in [1.54, 1.807) is 6.08 Å². The maximum absolute atomic E-state index is 11.2. The van der Waals surface area contributed by atoms with E-state index >= 15 is 0 Å². The van der Waals surface area contributed by atoms with Gasteiger partial charge in [0.05, 0.1) is 12.7 Å². The Morgan fingerprint density at radius 1 is 1.64 bits per heavy atom. The first-order chi connectivity index (χ1) is 6.46. The van der Waals surface area contributed by atoms with E-state index in [9.17, 15) is 13.2 Å². The summed E-state index contributed by atoms with van der Waals surface area (Å²) in [7, 11) is 2.72. The van der Waals surface area contributed by atoms with Gasteiger partial charge in [-0.15, -0.1) is 0 Å². The van der Waals surface area contributed by atoms with Crippen LogP contribution in [0.25, 0.3) is 0 Å². The van der Waals surface area contributed by atoms with Gasteiger partial charge in [-0.1, -0.05) is 6.08 Å². The molecule has 1 aliphatic carbocycles. The Labute approximate surface area is 87.3 Å². The number of esters is 1. The molecule has 4 nitrogen and oxygen atoms in total. The van der Waals surface area contributed by atoms with Crippen LogP contribution in [0.2, 0.25) is 0 Å². The fraction of sp³-hybridized carbons (Fsp3) is 0.625. The van der Waals surface area contributed by atoms with Crippen molar-refractivity contribution in [2.24, 2.45) is 0 Å². The maximum Gasteiger partial charge on any atom is 0.334 e. The van der Waals surface area contributed by atoms with Crippen LogP contribution in [0.5, 0.6) is 0 Å². The Hall–Kier alpha value is -0.550. The summed E-state index contributed by atoms with van der Waals surface area (Å²) >= 11 is 0. The van der Waals surface area contributed by atoms with Gasteiger partial charge in [-0.2, -0.15) is 0 Å². The van der Waals surface area contributed by atoms with Crippen LogP contribution in [0.4, 0.5) is 0 Å². The molecular weight excluding hydrogens is 228 g/mol. The van der Waals surface area contributed by atoms with Crippen molar-refractivity contribution in [2.45, 2.75) is 24.5 Å². The quantitative estimate of drug-likeness (QED) is 0.536. The molecule has 0 N–H and O–H groups in total. The summed E-state index contributed by atoms with van der Waals surface area (Å²) in [4.78, 5) is 11.2. The lowest BCUT2D eigenvalue weighted by Crippen LogP contribution is -2.27. The van der Waals surface area contributed by atoms with Crippen LogP contribution in [-0.4, -0.2) is 26.7 Å². The summed E-state index contributed by atoms with van der Waals surface area (Å²) in [6, 6.07) is 0. The van der Waals surface area contributed by atoms with Crippen LogP contribution in [0.1, 0.15) is 19.3 Å². The summed E-state index contributed by atoms with van der Waals surface area (Å²) < 4.78 is 26.8. The van der Waals surface area contributed by atoms with Gasteiger partial charge in [-0.05, 0) is 19.3 Å². The second kappa shape index (κ2) is 4.31. The molecule has 6 heteroatoms. The zero-order valence-electron chi connectivity index (χ0n) is 7.70. The van der Waals surface area contributed by atoms with Crippen LogP contribution in [0.15, 0.2) is 11.6 Å². The number of rotatable bonds is 2. The Bertz CT molecular complexity index is 358. The third kappa shape index (κ3) is 2.48.